The van der Waals surface area contributed by atoms with Gasteiger partial charge in [0.2, 0.25) is 5.91 Å². The number of rotatable bonds is 4. The smallest absolute Gasteiger partial charge is 0.226 e. The summed E-state index contributed by atoms with van der Waals surface area (Å²) in [5.41, 5.74) is 0. The van der Waals surface area contributed by atoms with Gasteiger partial charge in [-0.25, -0.2) is 0 Å². The summed E-state index contributed by atoms with van der Waals surface area (Å²) in [6, 6.07) is 0.112. The Kier molecular flexibility index (Phi) is 5.61. The van der Waals surface area contributed by atoms with E-state index in [-0.39, 0.29) is 17.7 Å². The number of halogens is 1. The van der Waals surface area contributed by atoms with Crippen LogP contribution in [0.4, 0.5) is 0 Å². The second-order valence-corrected chi connectivity index (χ2v) is 6.34. The molecule has 1 heterocycles. The Morgan fingerprint density at radius 3 is 2.74 bits per heavy atom. The predicted molar refractivity (Wildman–Crippen MR) is 79.0 cm³/mol. The molecule has 19 heavy (non-hydrogen) atoms. The number of carbonyl (C=O) groups excluding carboxylic acids is 2. The van der Waals surface area contributed by atoms with Gasteiger partial charge < -0.3 is 4.90 Å². The predicted octanol–water partition coefficient (Wildman–Crippen LogP) is 3.43. The van der Waals surface area contributed by atoms with E-state index in [0.29, 0.717) is 18.8 Å². The Morgan fingerprint density at radius 1 is 1.32 bits per heavy atom. The second kappa shape index (κ2) is 7.22. The van der Waals surface area contributed by atoms with E-state index in [1.165, 1.54) is 19.3 Å². The normalized spacial score (nSPS) is 24.8. The molecule has 0 aromatic heterocycles. The van der Waals surface area contributed by atoms with Gasteiger partial charge >= 0.3 is 0 Å². The SMILES string of the molecule is O=C1C=CN(C(=O)CCCBr)C(C2CCCCC2)C1. The minimum absolute atomic E-state index is 0.112. The van der Waals surface area contributed by atoms with E-state index in [9.17, 15) is 9.59 Å². The average Bonchev–Trinajstić information content (AvgIpc) is 2.45. The van der Waals surface area contributed by atoms with Crippen LogP contribution in [0.15, 0.2) is 12.3 Å². The van der Waals surface area contributed by atoms with E-state index >= 15 is 0 Å². The molecule has 1 fully saturated rings. The third-order valence-electron chi connectivity index (χ3n) is 4.19. The summed E-state index contributed by atoms with van der Waals surface area (Å²) in [6.07, 6.45) is 11.3. The molecule has 0 saturated heterocycles. The van der Waals surface area contributed by atoms with Gasteiger partial charge in [-0.1, -0.05) is 35.2 Å². The van der Waals surface area contributed by atoms with E-state index in [1.807, 2.05) is 4.90 Å². The first-order valence-electron chi connectivity index (χ1n) is 7.30. The van der Waals surface area contributed by atoms with Crippen LogP contribution < -0.4 is 0 Å². The summed E-state index contributed by atoms with van der Waals surface area (Å²) >= 11 is 3.36. The molecule has 2 rings (SSSR count). The number of amides is 1. The standard InChI is InChI=1S/C15H22BrNO2/c16-9-4-7-15(19)17-10-8-13(18)11-14(17)12-5-2-1-3-6-12/h8,10,12,14H,1-7,9,11H2. The Morgan fingerprint density at radius 2 is 2.05 bits per heavy atom. The quantitative estimate of drug-likeness (QED) is 0.742. The lowest BCUT2D eigenvalue weighted by molar-refractivity contribution is -0.133. The fourth-order valence-electron chi connectivity index (χ4n) is 3.17. The molecule has 0 N–H and O–H groups in total. The maximum absolute atomic E-state index is 12.3. The van der Waals surface area contributed by atoms with Crippen LogP contribution in [0.3, 0.4) is 0 Å². The Balaban J connectivity index is 2.05. The van der Waals surface area contributed by atoms with Crippen molar-refractivity contribution in [3.05, 3.63) is 12.3 Å². The van der Waals surface area contributed by atoms with Crippen molar-refractivity contribution < 1.29 is 9.59 Å². The molecule has 0 aromatic rings. The Hall–Kier alpha value is -0.640. The van der Waals surface area contributed by atoms with E-state index in [2.05, 4.69) is 15.9 Å². The zero-order chi connectivity index (χ0) is 13.7. The van der Waals surface area contributed by atoms with Gasteiger partial charge in [-0.05, 0) is 31.3 Å². The van der Waals surface area contributed by atoms with Gasteiger partial charge in [-0.3, -0.25) is 9.59 Å². The van der Waals surface area contributed by atoms with Crippen molar-refractivity contribution in [3.63, 3.8) is 0 Å². The highest BCUT2D eigenvalue weighted by Crippen LogP contribution is 2.32. The summed E-state index contributed by atoms with van der Waals surface area (Å²) in [5, 5.41) is 0.851. The van der Waals surface area contributed by atoms with E-state index in [1.54, 1.807) is 12.3 Å². The zero-order valence-corrected chi connectivity index (χ0v) is 12.9. The first-order chi connectivity index (χ1) is 9.22. The molecule has 4 heteroatoms. The summed E-state index contributed by atoms with van der Waals surface area (Å²) in [6.45, 7) is 0. The second-order valence-electron chi connectivity index (χ2n) is 5.55. The van der Waals surface area contributed by atoms with Crippen molar-refractivity contribution in [2.24, 2.45) is 5.92 Å². The summed E-state index contributed by atoms with van der Waals surface area (Å²) in [5.74, 6) is 0.842. The molecule has 1 unspecified atom stereocenters. The van der Waals surface area contributed by atoms with Crippen LogP contribution in [0.25, 0.3) is 0 Å². The maximum Gasteiger partial charge on any atom is 0.226 e. The van der Waals surface area contributed by atoms with Crippen LogP contribution in [0, 0.1) is 5.92 Å². The molecule has 106 valence electrons. The van der Waals surface area contributed by atoms with Crippen molar-refractivity contribution in [1.29, 1.82) is 0 Å². The molecule has 3 nitrogen and oxygen atoms in total. The minimum Gasteiger partial charge on any atom is -0.315 e. The van der Waals surface area contributed by atoms with Gasteiger partial charge in [0, 0.05) is 30.4 Å². The monoisotopic (exact) mass is 327 g/mol. The van der Waals surface area contributed by atoms with Gasteiger partial charge in [-0.2, -0.15) is 0 Å². The highest BCUT2D eigenvalue weighted by molar-refractivity contribution is 9.09. The highest BCUT2D eigenvalue weighted by atomic mass is 79.9. The van der Waals surface area contributed by atoms with E-state index < -0.39 is 0 Å². The van der Waals surface area contributed by atoms with Crippen molar-refractivity contribution in [2.45, 2.75) is 57.4 Å². The van der Waals surface area contributed by atoms with Crippen molar-refractivity contribution in [3.8, 4) is 0 Å². The lowest BCUT2D eigenvalue weighted by Crippen LogP contribution is -2.45. The van der Waals surface area contributed by atoms with Crippen LogP contribution in [0.2, 0.25) is 0 Å². The van der Waals surface area contributed by atoms with Crippen molar-refractivity contribution in [1.82, 2.24) is 4.90 Å². The zero-order valence-electron chi connectivity index (χ0n) is 11.3. The van der Waals surface area contributed by atoms with Crippen LogP contribution >= 0.6 is 15.9 Å². The Labute approximate surface area is 123 Å². The van der Waals surface area contributed by atoms with Crippen LogP contribution in [0.1, 0.15) is 51.4 Å². The van der Waals surface area contributed by atoms with Crippen molar-refractivity contribution >= 4 is 27.6 Å². The average molecular weight is 328 g/mol. The molecule has 0 aromatic carbocycles. The molecule has 0 bridgehead atoms. The number of carbonyl (C=O) groups is 2. The molecule has 2 aliphatic rings. The van der Waals surface area contributed by atoms with Crippen molar-refractivity contribution in [2.75, 3.05) is 5.33 Å². The van der Waals surface area contributed by atoms with Crippen LogP contribution in [-0.4, -0.2) is 28.0 Å². The number of allylic oxidation sites excluding steroid dienone is 1. The van der Waals surface area contributed by atoms with Gasteiger partial charge in [0.15, 0.2) is 5.78 Å². The van der Waals surface area contributed by atoms with Gasteiger partial charge in [0.25, 0.3) is 0 Å². The lowest BCUT2D eigenvalue weighted by atomic mass is 9.80. The third-order valence-corrected chi connectivity index (χ3v) is 4.76. The number of hydrogen-bond acceptors (Lipinski definition) is 2. The molecular formula is C15H22BrNO2. The van der Waals surface area contributed by atoms with E-state index in [4.69, 9.17) is 0 Å². The van der Waals surface area contributed by atoms with Gasteiger partial charge in [-0.15, -0.1) is 0 Å². The maximum atomic E-state index is 12.3. The highest BCUT2D eigenvalue weighted by Gasteiger charge is 2.33. The molecule has 1 amide bonds. The number of ketones is 1. The summed E-state index contributed by atoms with van der Waals surface area (Å²) in [7, 11) is 0. The first-order valence-corrected chi connectivity index (χ1v) is 8.42. The minimum atomic E-state index is 0.112. The van der Waals surface area contributed by atoms with Crippen LogP contribution in [0.5, 0.6) is 0 Å². The molecule has 0 spiro atoms. The first kappa shape index (κ1) is 14.8. The largest absolute Gasteiger partial charge is 0.315 e. The van der Waals surface area contributed by atoms with E-state index in [0.717, 1.165) is 24.6 Å². The fraction of sp³-hybridized carbons (Fsp3) is 0.733. The molecular weight excluding hydrogens is 306 g/mol. The van der Waals surface area contributed by atoms with Gasteiger partial charge in [0.05, 0.1) is 0 Å². The number of hydrogen-bond donors (Lipinski definition) is 0. The number of nitrogens with zero attached hydrogens (tertiary/aromatic N) is 1. The fourth-order valence-corrected chi connectivity index (χ4v) is 3.45. The third kappa shape index (κ3) is 3.91. The van der Waals surface area contributed by atoms with Gasteiger partial charge in [0.1, 0.15) is 0 Å². The molecule has 1 saturated carbocycles. The lowest BCUT2D eigenvalue weighted by Gasteiger charge is -2.38. The molecule has 1 aliphatic carbocycles. The number of alkyl halides is 1. The topological polar surface area (TPSA) is 37.4 Å². The summed E-state index contributed by atoms with van der Waals surface area (Å²) < 4.78 is 0. The molecule has 0 radical (unpaired) electrons. The molecule has 1 aliphatic heterocycles. The summed E-state index contributed by atoms with van der Waals surface area (Å²) in [4.78, 5) is 25.8. The molecule has 1 atom stereocenters. The Bertz CT molecular complexity index is 361. The van der Waals surface area contributed by atoms with Crippen LogP contribution in [-0.2, 0) is 9.59 Å².